The number of hydrogen-bond acceptors (Lipinski definition) is 3. The normalized spacial score (nSPS) is 10.3. The molecule has 2 aromatic rings. The van der Waals surface area contributed by atoms with Crippen LogP contribution in [0.5, 0.6) is 0 Å². The first-order valence-electron chi connectivity index (χ1n) is 4.65. The molecule has 5 heteroatoms. The fourth-order valence-corrected chi connectivity index (χ4v) is 1.50. The Labute approximate surface area is 91.4 Å². The Morgan fingerprint density at radius 2 is 2.00 bits per heavy atom. The number of furan rings is 1. The quantitative estimate of drug-likeness (QED) is 0.722. The van der Waals surface area contributed by atoms with Crippen LogP contribution in [0, 0.1) is 0 Å². The van der Waals surface area contributed by atoms with Crippen molar-refractivity contribution in [3.63, 3.8) is 0 Å². The maximum Gasteiger partial charge on any atom is 0.315 e. The molecule has 1 aromatic carbocycles. The molecule has 0 fully saturated rings. The molecular formula is C11H10N2O3. The Kier molecular flexibility index (Phi) is 2.36. The number of carbonyl (C=O) groups is 2. The molecule has 82 valence electrons. The highest BCUT2D eigenvalue weighted by molar-refractivity contribution is 6.40. The van der Waals surface area contributed by atoms with Crippen molar-refractivity contribution in [3.05, 3.63) is 30.5 Å². The van der Waals surface area contributed by atoms with Gasteiger partial charge in [-0.1, -0.05) is 12.1 Å². The van der Waals surface area contributed by atoms with Crippen molar-refractivity contribution in [1.82, 2.24) is 0 Å². The summed E-state index contributed by atoms with van der Waals surface area (Å²) in [4.78, 5) is 23.3. The van der Waals surface area contributed by atoms with Crippen LogP contribution in [0.3, 0.4) is 0 Å². The summed E-state index contributed by atoms with van der Waals surface area (Å²) in [6.45, 7) is 0. The molecule has 1 heterocycles. The summed E-state index contributed by atoms with van der Waals surface area (Å²) in [5, 5.41) is 0.764. The summed E-state index contributed by atoms with van der Waals surface area (Å²) >= 11 is 0. The fourth-order valence-electron chi connectivity index (χ4n) is 1.50. The molecular weight excluding hydrogens is 208 g/mol. The standard InChI is InChI=1S/C11H10N2O3/c1-13(11(15)10(12)14)8-6-16-9-5-3-2-4-7(8)9/h2-6H,1H3,(H2,12,14). The van der Waals surface area contributed by atoms with E-state index < -0.39 is 11.8 Å². The summed E-state index contributed by atoms with van der Waals surface area (Å²) in [6, 6.07) is 7.23. The average molecular weight is 218 g/mol. The summed E-state index contributed by atoms with van der Waals surface area (Å²) in [6.07, 6.45) is 1.42. The third-order valence-corrected chi connectivity index (χ3v) is 2.34. The molecule has 0 radical (unpaired) electrons. The molecule has 0 aliphatic heterocycles. The third kappa shape index (κ3) is 1.52. The van der Waals surface area contributed by atoms with E-state index in [1.54, 1.807) is 12.1 Å². The van der Waals surface area contributed by atoms with Crippen LogP contribution in [0.4, 0.5) is 5.69 Å². The van der Waals surface area contributed by atoms with Crippen LogP contribution in [0.1, 0.15) is 0 Å². The second-order valence-electron chi connectivity index (χ2n) is 3.35. The zero-order chi connectivity index (χ0) is 11.7. The van der Waals surface area contributed by atoms with Gasteiger partial charge in [-0.15, -0.1) is 0 Å². The molecule has 0 atom stereocenters. The lowest BCUT2D eigenvalue weighted by atomic mass is 10.2. The van der Waals surface area contributed by atoms with E-state index in [2.05, 4.69) is 0 Å². The number of amides is 2. The number of likely N-dealkylation sites (N-methyl/N-ethyl adjacent to an activating group) is 1. The molecule has 0 saturated heterocycles. The molecule has 5 nitrogen and oxygen atoms in total. The van der Waals surface area contributed by atoms with Gasteiger partial charge in [-0.3, -0.25) is 9.59 Å². The average Bonchev–Trinajstić information content (AvgIpc) is 2.70. The van der Waals surface area contributed by atoms with E-state index >= 15 is 0 Å². The lowest BCUT2D eigenvalue weighted by Crippen LogP contribution is -2.37. The van der Waals surface area contributed by atoms with Gasteiger partial charge in [-0.25, -0.2) is 0 Å². The molecule has 0 aliphatic rings. The highest BCUT2D eigenvalue weighted by Crippen LogP contribution is 2.27. The van der Waals surface area contributed by atoms with E-state index in [9.17, 15) is 9.59 Å². The second-order valence-corrected chi connectivity index (χ2v) is 3.35. The van der Waals surface area contributed by atoms with E-state index in [0.717, 1.165) is 5.39 Å². The Hall–Kier alpha value is -2.30. The molecule has 1 aromatic heterocycles. The van der Waals surface area contributed by atoms with E-state index in [-0.39, 0.29) is 0 Å². The van der Waals surface area contributed by atoms with Crippen LogP contribution in [-0.2, 0) is 9.59 Å². The minimum atomic E-state index is -0.993. The van der Waals surface area contributed by atoms with Gasteiger partial charge in [0.2, 0.25) is 0 Å². The van der Waals surface area contributed by atoms with Crippen molar-refractivity contribution >= 4 is 28.5 Å². The van der Waals surface area contributed by atoms with Crippen molar-refractivity contribution in [2.75, 3.05) is 11.9 Å². The topological polar surface area (TPSA) is 76.5 Å². The van der Waals surface area contributed by atoms with Crippen molar-refractivity contribution in [3.8, 4) is 0 Å². The SMILES string of the molecule is CN(C(=O)C(N)=O)c1coc2ccccc12. The summed E-state index contributed by atoms with van der Waals surface area (Å²) in [5.41, 5.74) is 6.11. The van der Waals surface area contributed by atoms with Crippen LogP contribution in [0.2, 0.25) is 0 Å². The molecule has 0 bridgehead atoms. The van der Waals surface area contributed by atoms with Gasteiger partial charge in [0.25, 0.3) is 0 Å². The summed E-state index contributed by atoms with van der Waals surface area (Å²) in [5.74, 6) is -1.76. The predicted octanol–water partition coefficient (Wildman–Crippen LogP) is 0.881. The number of nitrogens with two attached hydrogens (primary N) is 1. The maximum atomic E-state index is 11.4. The Bertz CT molecular complexity index is 559. The van der Waals surface area contributed by atoms with Gasteiger partial charge in [-0.05, 0) is 12.1 Å². The van der Waals surface area contributed by atoms with Crippen molar-refractivity contribution in [1.29, 1.82) is 0 Å². The predicted molar refractivity (Wildman–Crippen MR) is 58.8 cm³/mol. The van der Waals surface area contributed by atoms with Gasteiger partial charge in [0.15, 0.2) is 0 Å². The number of benzene rings is 1. The molecule has 2 rings (SSSR count). The first-order chi connectivity index (χ1) is 7.61. The first kappa shape index (κ1) is 10.2. The maximum absolute atomic E-state index is 11.4. The zero-order valence-electron chi connectivity index (χ0n) is 8.64. The number of rotatable bonds is 1. The smallest absolute Gasteiger partial charge is 0.315 e. The fraction of sp³-hybridized carbons (Fsp3) is 0.0909. The van der Waals surface area contributed by atoms with Crippen LogP contribution in [-0.4, -0.2) is 18.9 Å². The lowest BCUT2D eigenvalue weighted by Gasteiger charge is -2.12. The van der Waals surface area contributed by atoms with Gasteiger partial charge >= 0.3 is 11.8 Å². The highest BCUT2D eigenvalue weighted by Gasteiger charge is 2.19. The monoisotopic (exact) mass is 218 g/mol. The lowest BCUT2D eigenvalue weighted by molar-refractivity contribution is -0.135. The van der Waals surface area contributed by atoms with Gasteiger partial charge < -0.3 is 15.1 Å². The van der Waals surface area contributed by atoms with E-state index in [1.807, 2.05) is 12.1 Å². The van der Waals surface area contributed by atoms with Crippen molar-refractivity contribution in [2.24, 2.45) is 5.73 Å². The van der Waals surface area contributed by atoms with Gasteiger partial charge in [0.05, 0.1) is 5.69 Å². The number of fused-ring (bicyclic) bond motifs is 1. The molecule has 0 aliphatic carbocycles. The first-order valence-corrected chi connectivity index (χ1v) is 4.65. The largest absolute Gasteiger partial charge is 0.462 e. The minimum absolute atomic E-state index is 0.527. The van der Waals surface area contributed by atoms with E-state index in [4.69, 9.17) is 10.2 Å². The third-order valence-electron chi connectivity index (χ3n) is 2.34. The highest BCUT2D eigenvalue weighted by atomic mass is 16.3. The number of nitrogens with zero attached hydrogens (tertiary/aromatic N) is 1. The molecule has 0 spiro atoms. The number of carbonyl (C=O) groups excluding carboxylic acids is 2. The van der Waals surface area contributed by atoms with Crippen molar-refractivity contribution in [2.45, 2.75) is 0 Å². The summed E-state index contributed by atoms with van der Waals surface area (Å²) in [7, 11) is 1.48. The number of primary amides is 1. The van der Waals surface area contributed by atoms with Crippen molar-refractivity contribution < 1.29 is 14.0 Å². The number of para-hydroxylation sites is 1. The van der Waals surface area contributed by atoms with Gasteiger partial charge in [0.1, 0.15) is 11.8 Å². The van der Waals surface area contributed by atoms with E-state index in [0.29, 0.717) is 11.3 Å². The molecule has 2 amide bonds. The Morgan fingerprint density at radius 3 is 2.69 bits per heavy atom. The van der Waals surface area contributed by atoms with Crippen LogP contribution in [0.25, 0.3) is 11.0 Å². The minimum Gasteiger partial charge on any atom is -0.462 e. The van der Waals surface area contributed by atoms with Gasteiger partial charge in [0, 0.05) is 12.4 Å². The Morgan fingerprint density at radius 1 is 1.31 bits per heavy atom. The Balaban J connectivity index is 2.48. The van der Waals surface area contributed by atoms with Crippen LogP contribution in [0.15, 0.2) is 34.9 Å². The molecule has 0 saturated carbocycles. The number of hydrogen-bond donors (Lipinski definition) is 1. The second kappa shape index (κ2) is 3.69. The molecule has 2 N–H and O–H groups in total. The number of anilines is 1. The van der Waals surface area contributed by atoms with Gasteiger partial charge in [-0.2, -0.15) is 0 Å². The summed E-state index contributed by atoms with van der Waals surface area (Å²) < 4.78 is 5.25. The van der Waals surface area contributed by atoms with Crippen LogP contribution < -0.4 is 10.6 Å². The molecule has 0 unspecified atom stereocenters. The van der Waals surface area contributed by atoms with Crippen LogP contribution >= 0.6 is 0 Å². The zero-order valence-corrected chi connectivity index (χ0v) is 8.64. The van der Waals surface area contributed by atoms with E-state index in [1.165, 1.54) is 18.2 Å². The molecule has 16 heavy (non-hydrogen) atoms.